The number of benzene rings is 3. The summed E-state index contributed by atoms with van der Waals surface area (Å²) in [6.45, 7) is 0. The topological polar surface area (TPSA) is 129 Å². The highest BCUT2D eigenvalue weighted by atomic mass is 35.5. The Kier molecular flexibility index (Phi) is 6.44. The second-order valence-electron chi connectivity index (χ2n) is 7.14. The first kappa shape index (κ1) is 23.1. The summed E-state index contributed by atoms with van der Waals surface area (Å²) in [5.74, 6) is -0.686. The largest absolute Gasteiger partial charge is 0.497 e. The number of hydrazine groups is 1. The van der Waals surface area contributed by atoms with Gasteiger partial charge in [-0.25, -0.2) is 8.42 Å². The van der Waals surface area contributed by atoms with E-state index in [0.717, 1.165) is 11.6 Å². The number of carbonyl (C=O) groups excluding carboxylic acids is 2. The number of sulfonamides is 1. The van der Waals surface area contributed by atoms with Gasteiger partial charge in [0.25, 0.3) is 21.8 Å². The van der Waals surface area contributed by atoms with Crippen molar-refractivity contribution in [2.24, 2.45) is 0 Å². The first-order chi connectivity index (χ1) is 16.3. The Morgan fingerprint density at radius 2 is 1.65 bits per heavy atom. The zero-order valence-corrected chi connectivity index (χ0v) is 19.3. The van der Waals surface area contributed by atoms with Gasteiger partial charge in [-0.1, -0.05) is 29.8 Å². The number of amides is 2. The average Bonchev–Trinajstić information content (AvgIpc) is 3.27. The zero-order valence-electron chi connectivity index (χ0n) is 17.8. The lowest BCUT2D eigenvalue weighted by Gasteiger charge is -2.12. The highest BCUT2D eigenvalue weighted by Crippen LogP contribution is 2.26. The van der Waals surface area contributed by atoms with Crippen LogP contribution in [-0.4, -0.2) is 32.3 Å². The molecular weight excluding hydrogens is 480 g/mol. The van der Waals surface area contributed by atoms with Gasteiger partial charge >= 0.3 is 0 Å². The second-order valence-corrected chi connectivity index (χ2v) is 9.19. The number of fused-ring (bicyclic) bond motifs is 1. The summed E-state index contributed by atoms with van der Waals surface area (Å²) >= 11 is 6.11. The van der Waals surface area contributed by atoms with Crippen LogP contribution >= 0.6 is 11.6 Å². The van der Waals surface area contributed by atoms with E-state index in [4.69, 9.17) is 16.3 Å². The van der Waals surface area contributed by atoms with Gasteiger partial charge < -0.3 is 9.72 Å². The number of H-pyrrole nitrogens is 1. The van der Waals surface area contributed by atoms with Gasteiger partial charge in [0.1, 0.15) is 10.6 Å². The predicted octanol–water partition coefficient (Wildman–Crippen LogP) is 3.71. The molecular formula is C23H19ClN4O5S. The minimum Gasteiger partial charge on any atom is -0.497 e. The Bertz CT molecular complexity index is 1480. The first-order valence-electron chi connectivity index (χ1n) is 9.92. The number of para-hydroxylation sites is 1. The van der Waals surface area contributed by atoms with Crippen molar-refractivity contribution in [3.05, 3.63) is 89.1 Å². The van der Waals surface area contributed by atoms with Crippen LogP contribution in [0.4, 0.5) is 5.69 Å². The number of rotatable bonds is 6. The van der Waals surface area contributed by atoms with Crippen molar-refractivity contribution in [1.29, 1.82) is 0 Å². The lowest BCUT2D eigenvalue weighted by molar-refractivity contribution is 0.0847. The van der Waals surface area contributed by atoms with Gasteiger partial charge in [0.2, 0.25) is 0 Å². The maximum absolute atomic E-state index is 12.9. The Morgan fingerprint density at radius 3 is 2.38 bits per heavy atom. The van der Waals surface area contributed by atoms with E-state index in [2.05, 4.69) is 20.6 Å². The van der Waals surface area contributed by atoms with Gasteiger partial charge in [-0.3, -0.25) is 25.2 Å². The average molecular weight is 499 g/mol. The molecule has 11 heteroatoms. The molecule has 1 aromatic heterocycles. The Labute approximate surface area is 200 Å². The van der Waals surface area contributed by atoms with Crippen LogP contribution in [0.15, 0.2) is 77.8 Å². The van der Waals surface area contributed by atoms with Crippen LogP contribution in [0.5, 0.6) is 5.75 Å². The molecule has 0 spiro atoms. The number of hydrogen-bond donors (Lipinski definition) is 4. The number of hydrogen-bond acceptors (Lipinski definition) is 5. The number of aromatic nitrogens is 1. The molecule has 0 aliphatic rings. The smallest absolute Gasteiger partial charge is 0.271 e. The molecule has 4 N–H and O–H groups in total. The van der Waals surface area contributed by atoms with Crippen molar-refractivity contribution < 1.29 is 22.7 Å². The van der Waals surface area contributed by atoms with Gasteiger partial charge in [0.05, 0.1) is 17.7 Å². The van der Waals surface area contributed by atoms with Gasteiger partial charge in [-0.2, -0.15) is 0 Å². The molecule has 0 aliphatic carbocycles. The van der Waals surface area contributed by atoms with Crippen molar-refractivity contribution in [1.82, 2.24) is 15.8 Å². The molecule has 0 unspecified atom stereocenters. The quantitative estimate of drug-likeness (QED) is 0.301. The summed E-state index contributed by atoms with van der Waals surface area (Å²) in [7, 11) is -2.61. The molecule has 0 saturated carbocycles. The number of ether oxygens (including phenoxy) is 1. The SMILES string of the molecule is COc1ccc(NS(=O)(=O)c2cc(C(=O)NNC(=O)c3c[nH]c4ccccc34)ccc2Cl)cc1. The molecule has 0 fully saturated rings. The van der Waals surface area contributed by atoms with E-state index in [-0.39, 0.29) is 21.2 Å². The normalized spacial score (nSPS) is 11.1. The number of nitrogens with one attached hydrogen (secondary N) is 4. The van der Waals surface area contributed by atoms with Gasteiger partial charge in [-0.05, 0) is 48.5 Å². The molecule has 1 heterocycles. The van der Waals surface area contributed by atoms with Crippen LogP contribution in [0.3, 0.4) is 0 Å². The van der Waals surface area contributed by atoms with E-state index in [1.807, 2.05) is 12.1 Å². The summed E-state index contributed by atoms with van der Waals surface area (Å²) in [4.78, 5) is 27.8. The summed E-state index contributed by atoms with van der Waals surface area (Å²) < 4.78 is 33.2. The number of aromatic amines is 1. The van der Waals surface area contributed by atoms with Gasteiger partial charge in [0, 0.05) is 28.4 Å². The fraction of sp³-hybridized carbons (Fsp3) is 0.0435. The monoisotopic (exact) mass is 498 g/mol. The number of halogens is 1. The molecule has 2 amide bonds. The van der Waals surface area contributed by atoms with Crippen molar-refractivity contribution >= 4 is 50.0 Å². The zero-order chi connectivity index (χ0) is 24.3. The van der Waals surface area contributed by atoms with Crippen LogP contribution < -0.4 is 20.3 Å². The fourth-order valence-corrected chi connectivity index (χ4v) is 4.82. The van der Waals surface area contributed by atoms with Crippen LogP contribution in [0, 0.1) is 0 Å². The molecule has 174 valence electrons. The summed E-state index contributed by atoms with van der Waals surface area (Å²) in [5.41, 5.74) is 6.01. The van der Waals surface area contributed by atoms with Crippen LogP contribution in [0.1, 0.15) is 20.7 Å². The Hall–Kier alpha value is -4.02. The summed E-state index contributed by atoms with van der Waals surface area (Å²) in [6, 6.07) is 17.2. The maximum Gasteiger partial charge on any atom is 0.271 e. The summed E-state index contributed by atoms with van der Waals surface area (Å²) in [6.07, 6.45) is 1.53. The highest BCUT2D eigenvalue weighted by molar-refractivity contribution is 7.92. The molecule has 3 aromatic carbocycles. The third-order valence-corrected chi connectivity index (χ3v) is 6.81. The molecule has 0 radical (unpaired) electrons. The molecule has 4 aromatic rings. The van der Waals surface area contributed by atoms with Crippen LogP contribution in [0.25, 0.3) is 10.9 Å². The van der Waals surface area contributed by atoms with Gasteiger partial charge in [-0.15, -0.1) is 0 Å². The van der Waals surface area contributed by atoms with Crippen molar-refractivity contribution in [2.75, 3.05) is 11.8 Å². The number of anilines is 1. The van der Waals surface area contributed by atoms with E-state index in [1.54, 1.807) is 24.3 Å². The van der Waals surface area contributed by atoms with E-state index in [9.17, 15) is 18.0 Å². The summed E-state index contributed by atoms with van der Waals surface area (Å²) in [5, 5.41) is 0.624. The van der Waals surface area contributed by atoms with Crippen LogP contribution in [0.2, 0.25) is 5.02 Å². The second kappa shape index (κ2) is 9.46. The third-order valence-electron chi connectivity index (χ3n) is 4.95. The molecule has 34 heavy (non-hydrogen) atoms. The van der Waals surface area contributed by atoms with Crippen molar-refractivity contribution in [2.45, 2.75) is 4.90 Å². The van der Waals surface area contributed by atoms with Crippen molar-refractivity contribution in [3.8, 4) is 5.75 Å². The molecule has 0 bridgehead atoms. The van der Waals surface area contributed by atoms with Crippen LogP contribution in [-0.2, 0) is 10.0 Å². The van der Waals surface area contributed by atoms with Gasteiger partial charge in [0.15, 0.2) is 0 Å². The number of methoxy groups -OCH3 is 1. The van der Waals surface area contributed by atoms with Crippen molar-refractivity contribution in [3.63, 3.8) is 0 Å². The Balaban J connectivity index is 1.49. The standard InChI is InChI=1S/C23H19ClN4O5S/c1-33-16-9-7-15(8-10-16)28-34(31,32)21-12-14(6-11-19(21)24)22(29)26-27-23(30)18-13-25-20-5-3-2-4-17(18)20/h2-13,25,28H,1H3,(H,26,29)(H,27,30). The lowest BCUT2D eigenvalue weighted by atomic mass is 10.2. The minimum absolute atomic E-state index is 0.0151. The van der Waals surface area contributed by atoms with E-state index in [0.29, 0.717) is 16.7 Å². The molecule has 0 atom stereocenters. The third kappa shape index (κ3) is 4.82. The fourth-order valence-electron chi connectivity index (χ4n) is 3.23. The first-order valence-corrected chi connectivity index (χ1v) is 11.8. The highest BCUT2D eigenvalue weighted by Gasteiger charge is 2.21. The molecule has 0 aliphatic heterocycles. The lowest BCUT2D eigenvalue weighted by Crippen LogP contribution is -2.41. The molecule has 9 nitrogen and oxygen atoms in total. The molecule has 4 rings (SSSR count). The predicted molar refractivity (Wildman–Crippen MR) is 128 cm³/mol. The number of carbonyl (C=O) groups is 2. The van der Waals surface area contributed by atoms with E-state index >= 15 is 0 Å². The van der Waals surface area contributed by atoms with E-state index < -0.39 is 21.8 Å². The minimum atomic E-state index is -4.10. The van der Waals surface area contributed by atoms with E-state index in [1.165, 1.54) is 37.6 Å². The Morgan fingerprint density at radius 1 is 0.941 bits per heavy atom. The maximum atomic E-state index is 12.9. The molecule has 0 saturated heterocycles.